The average molecular weight is 477 g/mol. The first kappa shape index (κ1) is 27.0. The number of benzene rings is 1. The van der Waals surface area contributed by atoms with E-state index in [2.05, 4.69) is 6.92 Å². The molecule has 2 amide bonds. The minimum absolute atomic E-state index is 0.0394. The molecule has 182 valence electrons. The van der Waals surface area contributed by atoms with E-state index < -0.39 is 0 Å². The maximum atomic E-state index is 13.4. The molecule has 0 N–H and O–H groups in total. The maximum Gasteiger partial charge on any atom is 0.242 e. The van der Waals surface area contributed by atoms with Gasteiger partial charge in [0.15, 0.2) is 0 Å². The van der Waals surface area contributed by atoms with Crippen molar-refractivity contribution in [1.29, 1.82) is 0 Å². The van der Waals surface area contributed by atoms with Gasteiger partial charge in [-0.3, -0.25) is 9.59 Å². The molecule has 0 spiro atoms. The van der Waals surface area contributed by atoms with Gasteiger partial charge in [0.25, 0.3) is 0 Å². The number of carbonyl (C=O) groups excluding carboxylic acids is 2. The number of methoxy groups -OCH3 is 1. The van der Waals surface area contributed by atoms with Crippen molar-refractivity contribution < 1.29 is 18.7 Å². The monoisotopic (exact) mass is 476 g/mol. The molecule has 2 aromatic rings. The summed E-state index contributed by atoms with van der Waals surface area (Å²) in [5, 5.41) is 1.98. The summed E-state index contributed by atoms with van der Waals surface area (Å²) in [6.45, 7) is 6.05. The zero-order valence-corrected chi connectivity index (χ0v) is 20.9. The summed E-state index contributed by atoms with van der Waals surface area (Å²) < 4.78 is 18.5. The largest absolute Gasteiger partial charge is 0.385 e. The second kappa shape index (κ2) is 14.8. The van der Waals surface area contributed by atoms with E-state index >= 15 is 0 Å². The molecule has 1 aromatic heterocycles. The minimum Gasteiger partial charge on any atom is -0.385 e. The van der Waals surface area contributed by atoms with Crippen LogP contribution in [0, 0.1) is 11.7 Å². The summed E-state index contributed by atoms with van der Waals surface area (Å²) in [5.41, 5.74) is 0.855. The third-order valence-corrected chi connectivity index (χ3v) is 6.59. The van der Waals surface area contributed by atoms with E-state index in [4.69, 9.17) is 4.74 Å². The number of carbonyl (C=O) groups is 2. The van der Waals surface area contributed by atoms with Crippen molar-refractivity contribution in [1.82, 2.24) is 9.80 Å². The molecule has 1 aromatic carbocycles. The molecule has 0 saturated carbocycles. The van der Waals surface area contributed by atoms with Crippen molar-refractivity contribution in [2.45, 2.75) is 59.0 Å². The maximum absolute atomic E-state index is 13.4. The molecule has 7 heteroatoms. The molecule has 2 rings (SSSR count). The Balaban J connectivity index is 2.17. The van der Waals surface area contributed by atoms with E-state index in [1.807, 2.05) is 24.4 Å². The zero-order valence-electron chi connectivity index (χ0n) is 20.1. The van der Waals surface area contributed by atoms with Crippen LogP contribution in [0.25, 0.3) is 0 Å². The molecule has 0 aliphatic carbocycles. The number of hydrogen-bond acceptors (Lipinski definition) is 4. The molecule has 0 saturated heterocycles. The number of nitrogens with zero attached hydrogens (tertiary/aromatic N) is 2. The van der Waals surface area contributed by atoms with Gasteiger partial charge >= 0.3 is 0 Å². The normalized spacial score (nSPS) is 11.9. The summed E-state index contributed by atoms with van der Waals surface area (Å²) in [5.74, 6) is -0.428. The zero-order chi connectivity index (χ0) is 24.1. The Morgan fingerprint density at radius 3 is 2.42 bits per heavy atom. The molecule has 1 heterocycles. The molecule has 0 radical (unpaired) electrons. The quantitative estimate of drug-likeness (QED) is 0.319. The van der Waals surface area contributed by atoms with Crippen molar-refractivity contribution in [3.05, 3.63) is 58.0 Å². The Hall–Kier alpha value is -2.25. The van der Waals surface area contributed by atoms with Gasteiger partial charge < -0.3 is 14.5 Å². The number of ether oxygens (including phenoxy) is 1. The molecule has 0 aliphatic heterocycles. The van der Waals surface area contributed by atoms with Gasteiger partial charge in [-0.15, -0.1) is 11.3 Å². The van der Waals surface area contributed by atoms with Crippen molar-refractivity contribution in [2.24, 2.45) is 5.92 Å². The van der Waals surface area contributed by atoms with Gasteiger partial charge in [-0.25, -0.2) is 4.39 Å². The smallest absolute Gasteiger partial charge is 0.242 e. The highest BCUT2D eigenvalue weighted by atomic mass is 32.1. The van der Waals surface area contributed by atoms with Crippen LogP contribution in [0.2, 0.25) is 0 Å². The van der Waals surface area contributed by atoms with E-state index in [9.17, 15) is 14.0 Å². The SMILES string of the molecule is CCCCC(CC)C(=O)N(CCCOC)CC(=O)N(Cc1ccc(F)cc1)Cc1cccs1. The fourth-order valence-corrected chi connectivity index (χ4v) is 4.49. The number of rotatable bonds is 15. The summed E-state index contributed by atoms with van der Waals surface area (Å²) >= 11 is 1.59. The molecule has 0 aliphatic rings. The van der Waals surface area contributed by atoms with Gasteiger partial charge in [0, 0.05) is 37.6 Å². The van der Waals surface area contributed by atoms with Gasteiger partial charge in [0.05, 0.1) is 13.1 Å². The highest BCUT2D eigenvalue weighted by molar-refractivity contribution is 7.09. The lowest BCUT2D eigenvalue weighted by atomic mass is 9.97. The second-order valence-corrected chi connectivity index (χ2v) is 9.34. The van der Waals surface area contributed by atoms with E-state index in [1.165, 1.54) is 12.1 Å². The van der Waals surface area contributed by atoms with Crippen LogP contribution in [0.5, 0.6) is 0 Å². The highest BCUT2D eigenvalue weighted by Gasteiger charge is 2.26. The lowest BCUT2D eigenvalue weighted by Crippen LogP contribution is -2.45. The van der Waals surface area contributed by atoms with Gasteiger partial charge in [0.2, 0.25) is 11.8 Å². The molecule has 5 nitrogen and oxygen atoms in total. The van der Waals surface area contributed by atoms with Crippen LogP contribution in [0.3, 0.4) is 0 Å². The number of unbranched alkanes of at least 4 members (excludes halogenated alkanes) is 1. The number of hydrogen-bond donors (Lipinski definition) is 0. The lowest BCUT2D eigenvalue weighted by Gasteiger charge is -2.30. The van der Waals surface area contributed by atoms with Crippen molar-refractivity contribution >= 4 is 23.2 Å². The first-order valence-electron chi connectivity index (χ1n) is 11.8. The van der Waals surface area contributed by atoms with Crippen molar-refractivity contribution in [2.75, 3.05) is 26.8 Å². The van der Waals surface area contributed by atoms with Crippen molar-refractivity contribution in [3.63, 3.8) is 0 Å². The van der Waals surface area contributed by atoms with Crippen LogP contribution < -0.4 is 0 Å². The standard InChI is InChI=1S/C26H37FN2O3S/c1-4-6-9-22(5-2)26(31)28(15-8-16-32-3)20-25(30)29(19-24-10-7-17-33-24)18-21-11-13-23(27)14-12-21/h7,10-14,17,22H,4-6,8-9,15-16,18-20H2,1-3H3. The van der Waals surface area contributed by atoms with E-state index in [1.54, 1.807) is 40.4 Å². The number of amides is 2. The molecular formula is C26H37FN2O3S. The highest BCUT2D eigenvalue weighted by Crippen LogP contribution is 2.19. The third-order valence-electron chi connectivity index (χ3n) is 5.73. The van der Waals surface area contributed by atoms with Gasteiger partial charge in [-0.05, 0) is 48.4 Å². The summed E-state index contributed by atoms with van der Waals surface area (Å²) in [6.07, 6.45) is 4.33. The predicted octanol–water partition coefficient (Wildman–Crippen LogP) is 5.50. The Morgan fingerprint density at radius 2 is 1.82 bits per heavy atom. The molecule has 0 bridgehead atoms. The van der Waals surface area contributed by atoms with Gasteiger partial charge in [0.1, 0.15) is 5.82 Å². The fraction of sp³-hybridized carbons (Fsp3) is 0.538. The Bertz CT molecular complexity index is 827. The number of thiophene rings is 1. The van der Waals surface area contributed by atoms with Crippen LogP contribution in [-0.4, -0.2) is 48.4 Å². The summed E-state index contributed by atoms with van der Waals surface area (Å²) in [4.78, 5) is 31.3. The van der Waals surface area contributed by atoms with Crippen LogP contribution in [0.4, 0.5) is 4.39 Å². The van der Waals surface area contributed by atoms with Gasteiger partial charge in [-0.2, -0.15) is 0 Å². The average Bonchev–Trinajstić information content (AvgIpc) is 3.33. The lowest BCUT2D eigenvalue weighted by molar-refractivity contribution is -0.144. The summed E-state index contributed by atoms with van der Waals surface area (Å²) in [6, 6.07) is 10.2. The molecular weight excluding hydrogens is 439 g/mol. The molecule has 1 unspecified atom stereocenters. The Kier molecular flexibility index (Phi) is 12.1. The van der Waals surface area contributed by atoms with E-state index in [0.717, 1.165) is 36.1 Å². The van der Waals surface area contributed by atoms with Crippen molar-refractivity contribution in [3.8, 4) is 0 Å². The third kappa shape index (κ3) is 9.26. The van der Waals surface area contributed by atoms with Crippen LogP contribution in [0.1, 0.15) is 56.4 Å². The number of halogens is 1. The Morgan fingerprint density at radius 1 is 1.06 bits per heavy atom. The van der Waals surface area contributed by atoms with Crippen LogP contribution in [0.15, 0.2) is 41.8 Å². The molecule has 1 atom stereocenters. The predicted molar refractivity (Wildman–Crippen MR) is 131 cm³/mol. The van der Waals surface area contributed by atoms with Crippen LogP contribution >= 0.6 is 11.3 Å². The summed E-state index contributed by atoms with van der Waals surface area (Å²) in [7, 11) is 1.64. The molecule has 33 heavy (non-hydrogen) atoms. The van der Waals surface area contributed by atoms with Gasteiger partial charge in [-0.1, -0.05) is 44.9 Å². The van der Waals surface area contributed by atoms with E-state index in [0.29, 0.717) is 32.7 Å². The second-order valence-electron chi connectivity index (χ2n) is 8.31. The topological polar surface area (TPSA) is 49.9 Å². The van der Waals surface area contributed by atoms with E-state index in [-0.39, 0.29) is 30.1 Å². The first-order valence-corrected chi connectivity index (χ1v) is 12.7. The Labute approximate surface area is 201 Å². The first-order chi connectivity index (χ1) is 16.0. The fourth-order valence-electron chi connectivity index (χ4n) is 3.77. The van der Waals surface area contributed by atoms with Crippen LogP contribution in [-0.2, 0) is 27.4 Å². The molecule has 0 fully saturated rings. The minimum atomic E-state index is -0.303.